The molecule has 0 amide bonds. The van der Waals surface area contributed by atoms with Crippen molar-refractivity contribution in [2.45, 2.75) is 12.0 Å². The fraction of sp³-hybridized carbons (Fsp3) is 0.250. The predicted molar refractivity (Wildman–Crippen MR) is 81.2 cm³/mol. The summed E-state index contributed by atoms with van der Waals surface area (Å²) in [5.41, 5.74) is 7.54. The highest BCUT2D eigenvalue weighted by Crippen LogP contribution is 2.32. The molecular formula is C16H18ClNO2. The Morgan fingerprint density at radius 1 is 1.15 bits per heavy atom. The van der Waals surface area contributed by atoms with Crippen LogP contribution in [0.4, 0.5) is 0 Å². The summed E-state index contributed by atoms with van der Waals surface area (Å²) in [5.74, 6) is 0.544. The fourth-order valence-corrected chi connectivity index (χ4v) is 2.44. The van der Waals surface area contributed by atoms with Crippen molar-refractivity contribution in [3.8, 4) is 5.75 Å². The van der Waals surface area contributed by atoms with Crippen molar-refractivity contribution in [2.24, 2.45) is 5.73 Å². The van der Waals surface area contributed by atoms with Crippen LogP contribution in [0.3, 0.4) is 0 Å². The van der Waals surface area contributed by atoms with Crippen LogP contribution in [0.2, 0.25) is 5.02 Å². The molecule has 0 fully saturated rings. The monoisotopic (exact) mass is 291 g/mol. The largest absolute Gasteiger partial charge is 0.497 e. The summed E-state index contributed by atoms with van der Waals surface area (Å²) in [6, 6.07) is 14.8. The summed E-state index contributed by atoms with van der Waals surface area (Å²) in [6.07, 6.45) is -0.703. The van der Waals surface area contributed by atoms with E-state index in [0.717, 1.165) is 16.9 Å². The topological polar surface area (TPSA) is 55.5 Å². The van der Waals surface area contributed by atoms with E-state index in [4.69, 9.17) is 22.1 Å². The Balaban J connectivity index is 2.31. The Morgan fingerprint density at radius 2 is 1.85 bits per heavy atom. The van der Waals surface area contributed by atoms with Gasteiger partial charge in [0.25, 0.3) is 0 Å². The molecule has 0 bridgehead atoms. The molecular weight excluding hydrogens is 274 g/mol. The number of rotatable bonds is 5. The smallest absolute Gasteiger partial charge is 0.119 e. The average Bonchev–Trinajstić information content (AvgIpc) is 2.48. The number of hydrogen-bond donors (Lipinski definition) is 2. The van der Waals surface area contributed by atoms with Crippen molar-refractivity contribution in [1.29, 1.82) is 0 Å². The van der Waals surface area contributed by atoms with Crippen molar-refractivity contribution < 1.29 is 9.84 Å². The maximum atomic E-state index is 10.5. The quantitative estimate of drug-likeness (QED) is 0.890. The number of ether oxygens (including phenoxy) is 1. The summed E-state index contributed by atoms with van der Waals surface area (Å²) < 4.78 is 5.21. The molecule has 0 saturated heterocycles. The third-order valence-corrected chi connectivity index (χ3v) is 3.58. The summed E-state index contributed by atoms with van der Waals surface area (Å²) in [7, 11) is 1.62. The molecule has 2 atom stereocenters. The van der Waals surface area contributed by atoms with Gasteiger partial charge in [-0.15, -0.1) is 0 Å². The number of aliphatic hydroxyl groups excluding tert-OH is 1. The first-order valence-electron chi connectivity index (χ1n) is 6.43. The van der Waals surface area contributed by atoms with Gasteiger partial charge in [-0.2, -0.15) is 0 Å². The Morgan fingerprint density at radius 3 is 2.50 bits per heavy atom. The van der Waals surface area contributed by atoms with Crippen LogP contribution in [0, 0.1) is 0 Å². The van der Waals surface area contributed by atoms with Gasteiger partial charge in [0.05, 0.1) is 13.2 Å². The van der Waals surface area contributed by atoms with Crippen LogP contribution in [0.15, 0.2) is 48.5 Å². The van der Waals surface area contributed by atoms with Crippen molar-refractivity contribution in [3.05, 3.63) is 64.7 Å². The molecule has 0 aromatic heterocycles. The van der Waals surface area contributed by atoms with Crippen LogP contribution in [-0.4, -0.2) is 18.8 Å². The van der Waals surface area contributed by atoms with Gasteiger partial charge < -0.3 is 15.6 Å². The highest BCUT2D eigenvalue weighted by Gasteiger charge is 2.22. The van der Waals surface area contributed by atoms with E-state index in [2.05, 4.69) is 0 Å². The maximum absolute atomic E-state index is 10.5. The molecule has 3 nitrogen and oxygen atoms in total. The Labute approximate surface area is 123 Å². The zero-order valence-electron chi connectivity index (χ0n) is 11.3. The zero-order valence-corrected chi connectivity index (χ0v) is 12.0. The molecule has 0 saturated carbocycles. The number of nitrogens with two attached hydrogens (primary N) is 1. The number of hydrogen-bond acceptors (Lipinski definition) is 3. The number of benzene rings is 2. The number of methoxy groups -OCH3 is 1. The zero-order chi connectivity index (χ0) is 14.5. The summed E-state index contributed by atoms with van der Waals surface area (Å²) in [5, 5.41) is 11.1. The highest BCUT2D eigenvalue weighted by molar-refractivity contribution is 6.30. The third-order valence-electron chi connectivity index (χ3n) is 3.35. The normalized spacial score (nSPS) is 13.8. The van der Waals surface area contributed by atoms with E-state index in [-0.39, 0.29) is 5.92 Å². The van der Waals surface area contributed by atoms with Crippen molar-refractivity contribution in [2.75, 3.05) is 13.7 Å². The van der Waals surface area contributed by atoms with E-state index in [1.165, 1.54) is 0 Å². The van der Waals surface area contributed by atoms with Crippen molar-refractivity contribution in [1.82, 2.24) is 0 Å². The summed E-state index contributed by atoms with van der Waals surface area (Å²) >= 11 is 5.97. The Hall–Kier alpha value is -1.55. The Kier molecular flexibility index (Phi) is 5.01. The minimum Gasteiger partial charge on any atom is -0.497 e. The van der Waals surface area contributed by atoms with E-state index < -0.39 is 6.10 Å². The van der Waals surface area contributed by atoms with Gasteiger partial charge in [0, 0.05) is 17.5 Å². The molecule has 2 rings (SSSR count). The van der Waals surface area contributed by atoms with Gasteiger partial charge in [-0.05, 0) is 35.4 Å². The molecule has 0 aliphatic rings. The highest BCUT2D eigenvalue weighted by atomic mass is 35.5. The van der Waals surface area contributed by atoms with E-state index in [1.54, 1.807) is 19.2 Å². The summed E-state index contributed by atoms with van der Waals surface area (Å²) in [4.78, 5) is 0. The van der Waals surface area contributed by atoms with Gasteiger partial charge in [-0.3, -0.25) is 0 Å². The Bertz CT molecular complexity index is 574. The van der Waals surface area contributed by atoms with Crippen molar-refractivity contribution >= 4 is 11.6 Å². The van der Waals surface area contributed by atoms with Crippen LogP contribution >= 0.6 is 11.6 Å². The second-order valence-electron chi connectivity index (χ2n) is 4.62. The first kappa shape index (κ1) is 14.9. The molecule has 4 heteroatoms. The van der Waals surface area contributed by atoms with Crippen LogP contribution in [0.1, 0.15) is 23.1 Å². The third kappa shape index (κ3) is 3.31. The molecule has 106 valence electrons. The molecule has 0 spiro atoms. The number of halogens is 1. The van der Waals surface area contributed by atoms with E-state index in [9.17, 15) is 5.11 Å². The van der Waals surface area contributed by atoms with Crippen LogP contribution in [0.25, 0.3) is 0 Å². The lowest BCUT2D eigenvalue weighted by Crippen LogP contribution is -2.20. The first-order chi connectivity index (χ1) is 9.65. The minimum atomic E-state index is -0.703. The minimum absolute atomic E-state index is 0.205. The van der Waals surface area contributed by atoms with Gasteiger partial charge in [0.1, 0.15) is 5.75 Å². The van der Waals surface area contributed by atoms with Crippen LogP contribution in [0.5, 0.6) is 5.75 Å². The lowest BCUT2D eigenvalue weighted by atomic mass is 9.89. The standard InChI is InChI=1S/C16H18ClNO2/c1-20-14-7-3-4-11(9-14)15(10-18)16(19)12-5-2-6-13(17)8-12/h2-9,15-16,19H,10,18H2,1H3. The van der Waals surface area contributed by atoms with Gasteiger partial charge >= 0.3 is 0 Å². The van der Waals surface area contributed by atoms with E-state index >= 15 is 0 Å². The average molecular weight is 292 g/mol. The molecule has 0 heterocycles. The lowest BCUT2D eigenvalue weighted by molar-refractivity contribution is 0.147. The molecule has 0 aliphatic heterocycles. The van der Waals surface area contributed by atoms with Gasteiger partial charge in [-0.25, -0.2) is 0 Å². The first-order valence-corrected chi connectivity index (χ1v) is 6.81. The molecule has 3 N–H and O–H groups in total. The van der Waals surface area contributed by atoms with Gasteiger partial charge in [0.2, 0.25) is 0 Å². The van der Waals surface area contributed by atoms with Gasteiger partial charge in [0.15, 0.2) is 0 Å². The predicted octanol–water partition coefficient (Wildman–Crippen LogP) is 3.12. The second kappa shape index (κ2) is 6.75. The van der Waals surface area contributed by atoms with E-state index in [1.807, 2.05) is 36.4 Å². The lowest BCUT2D eigenvalue weighted by Gasteiger charge is -2.23. The molecule has 0 aliphatic carbocycles. The molecule has 2 unspecified atom stereocenters. The van der Waals surface area contributed by atoms with E-state index in [0.29, 0.717) is 11.6 Å². The maximum Gasteiger partial charge on any atom is 0.119 e. The fourth-order valence-electron chi connectivity index (χ4n) is 2.24. The van der Waals surface area contributed by atoms with Gasteiger partial charge in [-0.1, -0.05) is 35.9 Å². The SMILES string of the molecule is COc1cccc(C(CN)C(O)c2cccc(Cl)c2)c1. The summed E-state index contributed by atoms with van der Waals surface area (Å²) in [6.45, 7) is 0.334. The molecule has 2 aromatic carbocycles. The molecule has 0 radical (unpaired) electrons. The van der Waals surface area contributed by atoms with Crippen molar-refractivity contribution in [3.63, 3.8) is 0 Å². The van der Waals surface area contributed by atoms with Crippen LogP contribution < -0.4 is 10.5 Å². The van der Waals surface area contributed by atoms with Crippen LogP contribution in [-0.2, 0) is 0 Å². The molecule has 20 heavy (non-hydrogen) atoms. The second-order valence-corrected chi connectivity index (χ2v) is 5.06. The molecule has 2 aromatic rings. The number of aliphatic hydroxyl groups is 1.